The highest BCUT2D eigenvalue weighted by Crippen LogP contribution is 2.16. The molecule has 0 saturated heterocycles. The van der Waals surface area contributed by atoms with Gasteiger partial charge in [-0.15, -0.1) is 0 Å². The van der Waals surface area contributed by atoms with Crippen molar-refractivity contribution in [2.45, 2.75) is 26.6 Å². The van der Waals surface area contributed by atoms with Crippen LogP contribution in [0.25, 0.3) is 0 Å². The van der Waals surface area contributed by atoms with Crippen molar-refractivity contribution in [3.05, 3.63) is 59.9 Å². The number of carbonyl (C=O) groups excluding carboxylic acids is 1. The molecule has 0 fully saturated rings. The van der Waals surface area contributed by atoms with Crippen molar-refractivity contribution in [1.82, 2.24) is 0 Å². The molecule has 0 aliphatic rings. The van der Waals surface area contributed by atoms with E-state index >= 15 is 0 Å². The number of benzene rings is 2. The molecule has 1 amide bonds. The standard InChI is InChI=1S/C20H24FNO4/c1-3-24-10-11-25-15(2)20(23)22-18-8-4-6-16(12-18)14-26-19-9-5-7-17(21)13-19/h4-9,12-13,15H,3,10-11,14H2,1-2H3,(H,22,23). The number of hydrogen-bond acceptors (Lipinski definition) is 4. The predicted molar refractivity (Wildman–Crippen MR) is 97.7 cm³/mol. The van der Waals surface area contributed by atoms with Crippen molar-refractivity contribution in [2.24, 2.45) is 0 Å². The van der Waals surface area contributed by atoms with Crippen LogP contribution in [0.2, 0.25) is 0 Å². The molecular formula is C20H24FNO4. The number of hydrogen-bond donors (Lipinski definition) is 1. The first kappa shape index (κ1) is 19.9. The summed E-state index contributed by atoms with van der Waals surface area (Å²) >= 11 is 0. The minimum absolute atomic E-state index is 0.232. The molecular weight excluding hydrogens is 337 g/mol. The van der Waals surface area contributed by atoms with Gasteiger partial charge >= 0.3 is 0 Å². The van der Waals surface area contributed by atoms with E-state index in [0.29, 0.717) is 31.3 Å². The van der Waals surface area contributed by atoms with Gasteiger partial charge in [-0.2, -0.15) is 0 Å². The Hall–Kier alpha value is -2.44. The summed E-state index contributed by atoms with van der Waals surface area (Å²) in [6.07, 6.45) is -0.581. The maximum atomic E-state index is 13.2. The van der Waals surface area contributed by atoms with Gasteiger partial charge in [0, 0.05) is 18.4 Å². The number of nitrogens with one attached hydrogen (secondary N) is 1. The molecule has 5 nitrogen and oxygen atoms in total. The predicted octanol–water partition coefficient (Wildman–Crippen LogP) is 3.78. The summed E-state index contributed by atoms with van der Waals surface area (Å²) in [6.45, 7) is 5.31. The van der Waals surface area contributed by atoms with Crippen molar-refractivity contribution in [1.29, 1.82) is 0 Å². The molecule has 0 aliphatic heterocycles. The normalized spacial score (nSPS) is 11.8. The second kappa shape index (κ2) is 10.5. The van der Waals surface area contributed by atoms with Crippen LogP contribution < -0.4 is 10.1 Å². The molecule has 2 aromatic rings. The van der Waals surface area contributed by atoms with E-state index in [1.807, 2.05) is 25.1 Å². The Morgan fingerprint density at radius 3 is 2.73 bits per heavy atom. The van der Waals surface area contributed by atoms with Gasteiger partial charge in [0.25, 0.3) is 5.91 Å². The van der Waals surface area contributed by atoms with Crippen LogP contribution in [-0.2, 0) is 20.9 Å². The summed E-state index contributed by atoms with van der Waals surface area (Å²) in [5.41, 5.74) is 1.51. The Kier molecular flexibility index (Phi) is 8.05. The molecule has 0 bridgehead atoms. The Morgan fingerprint density at radius 1 is 1.15 bits per heavy atom. The largest absolute Gasteiger partial charge is 0.489 e. The molecule has 0 heterocycles. The fourth-order valence-corrected chi connectivity index (χ4v) is 2.21. The summed E-state index contributed by atoms with van der Waals surface area (Å²) in [5.74, 6) is -0.123. The van der Waals surface area contributed by atoms with Crippen LogP contribution in [0.5, 0.6) is 5.75 Å². The average Bonchev–Trinajstić information content (AvgIpc) is 2.64. The zero-order valence-electron chi connectivity index (χ0n) is 15.0. The maximum absolute atomic E-state index is 13.2. The van der Waals surface area contributed by atoms with Gasteiger partial charge in [-0.05, 0) is 43.7 Å². The third-order valence-corrected chi connectivity index (χ3v) is 3.56. The van der Waals surface area contributed by atoms with Gasteiger partial charge in [-0.3, -0.25) is 4.79 Å². The highest BCUT2D eigenvalue weighted by molar-refractivity contribution is 5.93. The lowest BCUT2D eigenvalue weighted by Gasteiger charge is -2.14. The molecule has 2 aromatic carbocycles. The second-order valence-corrected chi connectivity index (χ2v) is 5.65. The molecule has 0 aromatic heterocycles. The van der Waals surface area contributed by atoms with Gasteiger partial charge in [0.2, 0.25) is 0 Å². The fraction of sp³-hybridized carbons (Fsp3) is 0.350. The first-order valence-corrected chi connectivity index (χ1v) is 8.56. The van der Waals surface area contributed by atoms with Crippen LogP contribution in [0.4, 0.5) is 10.1 Å². The third kappa shape index (κ3) is 6.82. The van der Waals surface area contributed by atoms with Gasteiger partial charge < -0.3 is 19.5 Å². The summed E-state index contributed by atoms with van der Waals surface area (Å²) in [6, 6.07) is 13.3. The van der Waals surface area contributed by atoms with Crippen molar-refractivity contribution >= 4 is 11.6 Å². The number of halogens is 1. The highest BCUT2D eigenvalue weighted by Gasteiger charge is 2.13. The van der Waals surface area contributed by atoms with Crippen molar-refractivity contribution in [3.8, 4) is 5.75 Å². The van der Waals surface area contributed by atoms with Crippen molar-refractivity contribution in [3.63, 3.8) is 0 Å². The lowest BCUT2D eigenvalue weighted by atomic mass is 10.2. The van der Waals surface area contributed by atoms with E-state index in [0.717, 1.165) is 5.56 Å². The number of rotatable bonds is 10. The minimum Gasteiger partial charge on any atom is -0.489 e. The van der Waals surface area contributed by atoms with Crippen LogP contribution >= 0.6 is 0 Å². The van der Waals surface area contributed by atoms with E-state index in [2.05, 4.69) is 5.32 Å². The smallest absolute Gasteiger partial charge is 0.253 e. The van der Waals surface area contributed by atoms with Crippen LogP contribution in [0.1, 0.15) is 19.4 Å². The molecule has 2 rings (SSSR count). The van der Waals surface area contributed by atoms with Crippen LogP contribution in [0, 0.1) is 5.82 Å². The molecule has 0 aliphatic carbocycles. The number of amides is 1. The van der Waals surface area contributed by atoms with Crippen LogP contribution in [0.15, 0.2) is 48.5 Å². The van der Waals surface area contributed by atoms with E-state index in [4.69, 9.17) is 14.2 Å². The first-order valence-electron chi connectivity index (χ1n) is 8.56. The molecule has 1 unspecified atom stereocenters. The second-order valence-electron chi connectivity index (χ2n) is 5.65. The van der Waals surface area contributed by atoms with Gasteiger partial charge in [-0.25, -0.2) is 4.39 Å². The number of carbonyl (C=O) groups is 1. The molecule has 0 saturated carbocycles. The zero-order valence-corrected chi connectivity index (χ0v) is 15.0. The molecule has 1 N–H and O–H groups in total. The topological polar surface area (TPSA) is 56.8 Å². The number of anilines is 1. The Balaban J connectivity index is 1.84. The Labute approximate surface area is 153 Å². The molecule has 26 heavy (non-hydrogen) atoms. The van der Waals surface area contributed by atoms with Gasteiger partial charge in [0.05, 0.1) is 13.2 Å². The minimum atomic E-state index is -0.581. The molecule has 1 atom stereocenters. The van der Waals surface area contributed by atoms with E-state index in [1.54, 1.807) is 25.1 Å². The lowest BCUT2D eigenvalue weighted by molar-refractivity contribution is -0.127. The highest BCUT2D eigenvalue weighted by atomic mass is 19.1. The lowest BCUT2D eigenvalue weighted by Crippen LogP contribution is -2.28. The summed E-state index contributed by atoms with van der Waals surface area (Å²) < 4.78 is 29.3. The summed E-state index contributed by atoms with van der Waals surface area (Å²) in [5, 5.41) is 2.81. The summed E-state index contributed by atoms with van der Waals surface area (Å²) in [7, 11) is 0. The van der Waals surface area contributed by atoms with E-state index in [1.165, 1.54) is 12.1 Å². The maximum Gasteiger partial charge on any atom is 0.253 e. The molecule has 0 radical (unpaired) electrons. The van der Waals surface area contributed by atoms with E-state index in [9.17, 15) is 9.18 Å². The zero-order chi connectivity index (χ0) is 18.8. The molecule has 0 spiro atoms. The Bertz CT molecular complexity index is 708. The SMILES string of the molecule is CCOCCOC(C)C(=O)Nc1cccc(COc2cccc(F)c2)c1. The first-order chi connectivity index (χ1) is 12.6. The fourth-order valence-electron chi connectivity index (χ4n) is 2.21. The van der Waals surface area contributed by atoms with E-state index < -0.39 is 6.10 Å². The van der Waals surface area contributed by atoms with Crippen molar-refractivity contribution < 1.29 is 23.4 Å². The van der Waals surface area contributed by atoms with Crippen molar-refractivity contribution in [2.75, 3.05) is 25.1 Å². The monoisotopic (exact) mass is 361 g/mol. The third-order valence-electron chi connectivity index (χ3n) is 3.56. The van der Waals surface area contributed by atoms with Gasteiger partial charge in [-0.1, -0.05) is 18.2 Å². The average molecular weight is 361 g/mol. The van der Waals surface area contributed by atoms with Crippen LogP contribution in [0.3, 0.4) is 0 Å². The van der Waals surface area contributed by atoms with Crippen LogP contribution in [-0.4, -0.2) is 31.8 Å². The molecule has 140 valence electrons. The Morgan fingerprint density at radius 2 is 1.96 bits per heavy atom. The van der Waals surface area contributed by atoms with Gasteiger partial charge in [0.1, 0.15) is 24.3 Å². The quantitative estimate of drug-likeness (QED) is 0.654. The summed E-state index contributed by atoms with van der Waals surface area (Å²) in [4.78, 5) is 12.2. The van der Waals surface area contributed by atoms with Gasteiger partial charge in [0.15, 0.2) is 0 Å². The number of ether oxygens (including phenoxy) is 3. The van der Waals surface area contributed by atoms with E-state index in [-0.39, 0.29) is 18.3 Å². The molecule has 6 heteroatoms.